The zero-order valence-electron chi connectivity index (χ0n) is 15.0. The molecule has 0 spiro atoms. The minimum Gasteiger partial charge on any atom is -0.423 e. The Labute approximate surface area is 151 Å². The van der Waals surface area contributed by atoms with E-state index in [0.29, 0.717) is 5.46 Å². The summed E-state index contributed by atoms with van der Waals surface area (Å²) in [5.41, 5.74) is 6.41. The van der Waals surface area contributed by atoms with Gasteiger partial charge in [0.05, 0.1) is 0 Å². The Morgan fingerprint density at radius 1 is 1.00 bits per heavy atom. The molecule has 0 aliphatic heterocycles. The van der Waals surface area contributed by atoms with Crippen molar-refractivity contribution in [3.05, 3.63) is 71.8 Å². The Morgan fingerprint density at radius 2 is 1.64 bits per heavy atom. The summed E-state index contributed by atoms with van der Waals surface area (Å²) in [5.74, 6) is 0. The van der Waals surface area contributed by atoms with Crippen molar-refractivity contribution in [1.82, 2.24) is 0 Å². The molecule has 1 aliphatic carbocycles. The van der Waals surface area contributed by atoms with E-state index in [-0.39, 0.29) is 0 Å². The van der Waals surface area contributed by atoms with Crippen LogP contribution in [-0.2, 0) is 6.42 Å². The molecule has 0 radical (unpaired) electrons. The minimum atomic E-state index is -1.54. The van der Waals surface area contributed by atoms with Gasteiger partial charge in [0.1, 0.15) is 0 Å². The maximum absolute atomic E-state index is 9.91. The van der Waals surface area contributed by atoms with Crippen molar-refractivity contribution in [2.45, 2.75) is 26.7 Å². The SMILES string of the molecule is C=Cc1c(C=C)c(-c2ccccc2)c2c(c1B(O)O)C=CCC2.CC. The quantitative estimate of drug-likeness (QED) is 0.820. The zero-order chi connectivity index (χ0) is 18.4. The summed E-state index contributed by atoms with van der Waals surface area (Å²) < 4.78 is 0. The Bertz CT molecular complexity index is 790. The van der Waals surface area contributed by atoms with Gasteiger partial charge in [0.25, 0.3) is 0 Å². The summed E-state index contributed by atoms with van der Waals surface area (Å²) in [4.78, 5) is 0. The van der Waals surface area contributed by atoms with Crippen LogP contribution in [0.15, 0.2) is 49.6 Å². The van der Waals surface area contributed by atoms with Crippen LogP contribution < -0.4 is 5.46 Å². The van der Waals surface area contributed by atoms with Gasteiger partial charge in [-0.25, -0.2) is 0 Å². The molecule has 25 heavy (non-hydrogen) atoms. The summed E-state index contributed by atoms with van der Waals surface area (Å²) >= 11 is 0. The van der Waals surface area contributed by atoms with Crippen molar-refractivity contribution in [3.63, 3.8) is 0 Å². The van der Waals surface area contributed by atoms with Crippen LogP contribution in [0.25, 0.3) is 29.4 Å². The Hall–Kier alpha value is -2.36. The van der Waals surface area contributed by atoms with Crippen molar-refractivity contribution in [3.8, 4) is 11.1 Å². The van der Waals surface area contributed by atoms with Crippen LogP contribution in [0.2, 0.25) is 0 Å². The molecule has 0 heterocycles. The Morgan fingerprint density at radius 3 is 2.20 bits per heavy atom. The summed E-state index contributed by atoms with van der Waals surface area (Å²) in [6.45, 7) is 11.8. The van der Waals surface area contributed by atoms with Crippen LogP contribution in [0, 0.1) is 0 Å². The second-order valence-corrected chi connectivity index (χ2v) is 5.60. The summed E-state index contributed by atoms with van der Waals surface area (Å²) in [7, 11) is -1.54. The highest BCUT2D eigenvalue weighted by Gasteiger charge is 2.27. The number of benzene rings is 2. The van der Waals surface area contributed by atoms with Gasteiger partial charge in [-0.2, -0.15) is 0 Å². The van der Waals surface area contributed by atoms with Gasteiger partial charge < -0.3 is 10.0 Å². The van der Waals surface area contributed by atoms with Gasteiger partial charge in [0, 0.05) is 0 Å². The van der Waals surface area contributed by atoms with E-state index in [9.17, 15) is 10.0 Å². The third-order valence-electron chi connectivity index (χ3n) is 4.34. The van der Waals surface area contributed by atoms with E-state index >= 15 is 0 Å². The maximum atomic E-state index is 9.91. The minimum absolute atomic E-state index is 0.514. The largest absolute Gasteiger partial charge is 0.489 e. The van der Waals surface area contributed by atoms with Crippen molar-refractivity contribution < 1.29 is 10.0 Å². The van der Waals surface area contributed by atoms with E-state index in [0.717, 1.165) is 46.2 Å². The summed E-state index contributed by atoms with van der Waals surface area (Å²) in [5, 5.41) is 19.8. The van der Waals surface area contributed by atoms with Gasteiger partial charge in [-0.3, -0.25) is 0 Å². The van der Waals surface area contributed by atoms with Crippen LogP contribution in [0.1, 0.15) is 42.5 Å². The van der Waals surface area contributed by atoms with Crippen molar-refractivity contribution >= 4 is 30.8 Å². The second-order valence-electron chi connectivity index (χ2n) is 5.60. The molecule has 0 atom stereocenters. The first-order valence-corrected chi connectivity index (χ1v) is 8.74. The summed E-state index contributed by atoms with van der Waals surface area (Å²) in [6, 6.07) is 10.2. The lowest BCUT2D eigenvalue weighted by molar-refractivity contribution is 0.425. The molecular weight excluding hydrogens is 307 g/mol. The molecule has 0 amide bonds. The van der Waals surface area contributed by atoms with E-state index in [1.807, 2.05) is 38.1 Å². The molecule has 0 saturated carbocycles. The van der Waals surface area contributed by atoms with Gasteiger partial charge in [0.15, 0.2) is 0 Å². The van der Waals surface area contributed by atoms with Crippen molar-refractivity contribution in [2.75, 3.05) is 0 Å². The fraction of sp³-hybridized carbons (Fsp3) is 0.182. The van der Waals surface area contributed by atoms with E-state index in [1.54, 1.807) is 12.2 Å². The number of hydrogen-bond donors (Lipinski definition) is 2. The molecular formula is C22H25BO2. The lowest BCUT2D eigenvalue weighted by Crippen LogP contribution is -2.36. The van der Waals surface area contributed by atoms with Crippen molar-refractivity contribution in [2.24, 2.45) is 0 Å². The molecule has 2 N–H and O–H groups in total. The maximum Gasteiger partial charge on any atom is 0.489 e. The monoisotopic (exact) mass is 332 g/mol. The van der Waals surface area contributed by atoms with Gasteiger partial charge in [-0.1, -0.05) is 81.6 Å². The normalized spacial score (nSPS) is 11.8. The molecule has 2 aromatic carbocycles. The first-order valence-electron chi connectivity index (χ1n) is 8.74. The molecule has 0 bridgehead atoms. The van der Waals surface area contributed by atoms with E-state index in [4.69, 9.17) is 0 Å². The summed E-state index contributed by atoms with van der Waals surface area (Å²) in [6.07, 6.45) is 9.33. The first kappa shape index (κ1) is 19.0. The molecule has 1 aliphatic rings. The molecule has 0 fully saturated rings. The van der Waals surface area contributed by atoms with Crippen molar-refractivity contribution in [1.29, 1.82) is 0 Å². The average Bonchev–Trinajstić information content (AvgIpc) is 2.67. The predicted molar refractivity (Wildman–Crippen MR) is 111 cm³/mol. The highest BCUT2D eigenvalue weighted by Crippen LogP contribution is 2.36. The van der Waals surface area contributed by atoms with Crippen LogP contribution >= 0.6 is 0 Å². The number of rotatable bonds is 4. The molecule has 128 valence electrons. The topological polar surface area (TPSA) is 40.5 Å². The lowest BCUT2D eigenvalue weighted by atomic mass is 9.68. The average molecular weight is 332 g/mol. The molecule has 0 unspecified atom stereocenters. The van der Waals surface area contributed by atoms with Gasteiger partial charge >= 0.3 is 7.12 Å². The van der Waals surface area contributed by atoms with Crippen LogP contribution in [0.5, 0.6) is 0 Å². The van der Waals surface area contributed by atoms with Gasteiger partial charge in [0.2, 0.25) is 0 Å². The number of hydrogen-bond acceptors (Lipinski definition) is 2. The van der Waals surface area contributed by atoms with E-state index < -0.39 is 7.12 Å². The number of allylic oxidation sites excluding steroid dienone is 1. The van der Waals surface area contributed by atoms with E-state index in [1.165, 1.54) is 0 Å². The van der Waals surface area contributed by atoms with Gasteiger partial charge in [-0.15, -0.1) is 0 Å². The molecule has 2 nitrogen and oxygen atoms in total. The highest BCUT2D eigenvalue weighted by molar-refractivity contribution is 6.61. The molecule has 2 aromatic rings. The molecule has 3 heteroatoms. The smallest absolute Gasteiger partial charge is 0.423 e. The van der Waals surface area contributed by atoms with E-state index in [2.05, 4.69) is 31.4 Å². The third kappa shape index (κ3) is 3.53. The van der Waals surface area contributed by atoms with Crippen LogP contribution in [0.4, 0.5) is 0 Å². The van der Waals surface area contributed by atoms with Gasteiger partial charge in [-0.05, 0) is 51.7 Å². The standard InChI is InChI=1S/C20H19BO2.C2H6/c1-3-15-16(4-2)20(21(22)23)18-13-9-8-12-17(18)19(15)14-10-6-5-7-11-14;1-2/h3-7,9-11,13,22-23H,1-2,8,12H2;1-2H3. The van der Waals surface area contributed by atoms with Crippen LogP contribution in [-0.4, -0.2) is 17.2 Å². The Kier molecular flexibility index (Phi) is 6.57. The lowest BCUT2D eigenvalue weighted by Gasteiger charge is -2.25. The third-order valence-corrected chi connectivity index (χ3v) is 4.34. The first-order chi connectivity index (χ1) is 12.2. The zero-order valence-corrected chi connectivity index (χ0v) is 15.0. The fourth-order valence-electron chi connectivity index (χ4n) is 3.41. The number of fused-ring (bicyclic) bond motifs is 1. The molecule has 0 aromatic heterocycles. The molecule has 0 saturated heterocycles. The van der Waals surface area contributed by atoms with Crippen LogP contribution in [0.3, 0.4) is 0 Å². The molecule has 3 rings (SSSR count). The fourth-order valence-corrected chi connectivity index (χ4v) is 3.41. The predicted octanol–water partition coefficient (Wildman–Crippen LogP) is 4.31. The Balaban J connectivity index is 0.00000109. The highest BCUT2D eigenvalue weighted by atomic mass is 16.4. The second kappa shape index (κ2) is 8.66.